The molecule has 0 unspecified atom stereocenters. The Morgan fingerprint density at radius 3 is 1.92 bits per heavy atom. The summed E-state index contributed by atoms with van der Waals surface area (Å²) in [6, 6.07) is 56.0. The first-order chi connectivity index (χ1) is 39.5. The second kappa shape index (κ2) is 16.6. The van der Waals surface area contributed by atoms with E-state index in [-0.39, 0.29) is 23.2 Å². The Hall–Kier alpha value is -7.89. The van der Waals surface area contributed by atoms with Gasteiger partial charge < -0.3 is 14.2 Å². The Kier molecular flexibility index (Phi) is 7.76. The number of rotatable bonds is 5. The number of ether oxygens (including phenoxy) is 1. The fourth-order valence-electron chi connectivity index (χ4n) is 10.8. The van der Waals surface area contributed by atoms with Crippen LogP contribution in [-0.4, -0.2) is 14.1 Å². The monoisotopic (exact) mass is 951 g/mol. The minimum atomic E-state index is -3.53. The first-order valence-corrected chi connectivity index (χ1v) is 24.5. The van der Waals surface area contributed by atoms with E-state index in [0.717, 1.165) is 60.9 Å². The van der Waals surface area contributed by atoms with Crippen molar-refractivity contribution in [3.05, 3.63) is 204 Å². The predicted octanol–water partition coefficient (Wildman–Crippen LogP) is 18.5. The van der Waals surface area contributed by atoms with Crippen molar-refractivity contribution >= 4 is 76.5 Å². The molecule has 4 heterocycles. The molecule has 5 nitrogen and oxygen atoms in total. The highest BCUT2D eigenvalue weighted by Gasteiger charge is 2.28. The smallest absolute Gasteiger partial charge is 0.137 e. The third-order valence-electron chi connectivity index (χ3n) is 14.4. The molecule has 12 rings (SSSR count). The molecule has 0 bridgehead atoms. The van der Waals surface area contributed by atoms with Gasteiger partial charge in [0.25, 0.3) is 0 Å². The highest BCUT2D eigenvalue weighted by molar-refractivity contribution is 6.23. The quantitative estimate of drug-likeness (QED) is 0.172. The predicted molar refractivity (Wildman–Crippen MR) is 306 cm³/mol. The molecule has 1 aliphatic heterocycles. The van der Waals surface area contributed by atoms with Gasteiger partial charge in [0.15, 0.2) is 0 Å². The molecule has 0 fully saturated rings. The second-order valence-corrected chi connectivity index (χ2v) is 21.2. The lowest BCUT2D eigenvalue weighted by molar-refractivity contribution is 0.483. The highest BCUT2D eigenvalue weighted by Crippen LogP contribution is 2.46. The number of hydrogen-bond donors (Lipinski definition) is 0. The number of nitrogens with zero attached hydrogens (tertiary/aromatic N) is 4. The van der Waals surface area contributed by atoms with E-state index < -0.39 is 38.2 Å². The average molecular weight is 951 g/mol. The first-order valence-electron chi connectivity index (χ1n) is 30.5. The van der Waals surface area contributed by atoms with Crippen molar-refractivity contribution in [3.63, 3.8) is 0 Å². The van der Waals surface area contributed by atoms with Gasteiger partial charge >= 0.3 is 0 Å². The van der Waals surface area contributed by atoms with Crippen LogP contribution in [0.15, 0.2) is 182 Å². The molecule has 0 radical (unpaired) electrons. The number of aromatic nitrogens is 3. The van der Waals surface area contributed by atoms with E-state index in [2.05, 4.69) is 71.2 Å². The number of benzene rings is 8. The zero-order chi connectivity index (χ0) is 59.8. The fraction of sp³-hybridized carbons (Fsp3) is 0.209. The van der Waals surface area contributed by atoms with Crippen molar-refractivity contribution in [2.45, 2.75) is 91.9 Å². The molecule has 8 aromatic carbocycles. The van der Waals surface area contributed by atoms with E-state index in [1.54, 1.807) is 12.1 Å². The molecule has 0 atom stereocenters. The summed E-state index contributed by atoms with van der Waals surface area (Å²) < 4.78 is 117. The molecule has 356 valence electrons. The van der Waals surface area contributed by atoms with Gasteiger partial charge in [-0.3, -0.25) is 4.57 Å². The number of anilines is 2. The van der Waals surface area contributed by atoms with Crippen LogP contribution in [0, 0.1) is 6.85 Å². The highest BCUT2D eigenvalue weighted by atomic mass is 16.5. The molecule has 0 saturated heterocycles. The average Bonchev–Trinajstić information content (AvgIpc) is 0.941. The van der Waals surface area contributed by atoms with Crippen LogP contribution in [0.1, 0.15) is 101 Å². The SMILES string of the molecule is [2H]C([2H])([2H])c1cccc2c3cccc(-c4cc(C(C)(C)C)cc(C(C([2H])([2H])[2H])(C([2H])([2H])[2H])C([2H])([2H])[2H])c4)c3n3c4c(cccc4c4ccccc4c12)N(c1cccc(Oc2ccc4c5ccccc5n(-c5cc(C(C)(C)C)ccn5)c4c2)c1)C3. The molecular formula is C67H62N4O. The van der Waals surface area contributed by atoms with Crippen LogP contribution in [-0.2, 0) is 22.9 Å². The third-order valence-corrected chi connectivity index (χ3v) is 14.4. The Bertz CT molecular complexity index is 4510. The van der Waals surface area contributed by atoms with Crippen LogP contribution in [0.2, 0.25) is 0 Å². The van der Waals surface area contributed by atoms with E-state index in [0.29, 0.717) is 55.3 Å². The van der Waals surface area contributed by atoms with Crippen molar-refractivity contribution in [1.29, 1.82) is 0 Å². The molecule has 5 heteroatoms. The topological polar surface area (TPSA) is 35.2 Å². The summed E-state index contributed by atoms with van der Waals surface area (Å²) in [5.74, 6) is 1.99. The largest absolute Gasteiger partial charge is 0.457 e. The zero-order valence-electron chi connectivity index (χ0n) is 53.2. The van der Waals surface area contributed by atoms with Crippen molar-refractivity contribution in [2.75, 3.05) is 4.90 Å². The lowest BCUT2D eigenvalue weighted by Crippen LogP contribution is -2.17. The van der Waals surface area contributed by atoms with Crippen LogP contribution in [0.25, 0.3) is 82.1 Å². The van der Waals surface area contributed by atoms with E-state index in [1.807, 2.05) is 142 Å². The molecule has 1 aliphatic rings. The summed E-state index contributed by atoms with van der Waals surface area (Å²) in [5, 5.41) is 6.18. The van der Waals surface area contributed by atoms with Crippen LogP contribution < -0.4 is 9.64 Å². The lowest BCUT2D eigenvalue weighted by Gasteiger charge is -2.27. The Labute approximate surface area is 440 Å². The maximum absolute atomic E-state index is 8.94. The minimum absolute atomic E-state index is 0.0999. The summed E-state index contributed by atoms with van der Waals surface area (Å²) in [6.45, 7) is -0.650. The number of pyridine rings is 1. The summed E-state index contributed by atoms with van der Waals surface area (Å²) in [4.78, 5) is 7.07. The fourth-order valence-corrected chi connectivity index (χ4v) is 10.8. The number of hydrogen-bond acceptors (Lipinski definition) is 3. The summed E-state index contributed by atoms with van der Waals surface area (Å²) in [5.41, 5.74) is 3.16. The molecule has 72 heavy (non-hydrogen) atoms. The van der Waals surface area contributed by atoms with Crippen molar-refractivity contribution < 1.29 is 21.2 Å². The molecule has 0 amide bonds. The molecule has 0 N–H and O–H groups in total. The number of aryl methyl sites for hydroxylation is 1. The third kappa shape index (κ3) is 7.56. The van der Waals surface area contributed by atoms with Gasteiger partial charge in [0.05, 0.1) is 27.8 Å². The van der Waals surface area contributed by atoms with Gasteiger partial charge in [-0.1, -0.05) is 177 Å². The van der Waals surface area contributed by atoms with E-state index >= 15 is 0 Å². The van der Waals surface area contributed by atoms with Gasteiger partial charge in [0.2, 0.25) is 0 Å². The van der Waals surface area contributed by atoms with Gasteiger partial charge in [-0.2, -0.15) is 0 Å². The maximum Gasteiger partial charge on any atom is 0.137 e. The van der Waals surface area contributed by atoms with Gasteiger partial charge in [0, 0.05) is 67.6 Å². The van der Waals surface area contributed by atoms with Crippen LogP contribution in [0.5, 0.6) is 11.5 Å². The van der Waals surface area contributed by atoms with E-state index in [4.69, 9.17) is 26.2 Å². The summed E-state index contributed by atoms with van der Waals surface area (Å²) in [7, 11) is 0. The Balaban J connectivity index is 1.12. The molecule has 11 aromatic rings. The van der Waals surface area contributed by atoms with E-state index in [9.17, 15) is 0 Å². The zero-order valence-corrected chi connectivity index (χ0v) is 41.2. The Morgan fingerprint density at radius 2 is 1.14 bits per heavy atom. The molecule has 0 spiro atoms. The van der Waals surface area contributed by atoms with Crippen molar-refractivity contribution in [1.82, 2.24) is 14.1 Å². The normalized spacial score (nSPS) is 16.2. The molecule has 3 aromatic heterocycles. The van der Waals surface area contributed by atoms with Gasteiger partial charge in [0.1, 0.15) is 24.0 Å². The maximum atomic E-state index is 8.94. The van der Waals surface area contributed by atoms with Crippen LogP contribution in [0.4, 0.5) is 11.4 Å². The van der Waals surface area contributed by atoms with E-state index in [1.165, 1.54) is 12.1 Å². The number of fused-ring (bicyclic) bond motifs is 10. The molecule has 0 saturated carbocycles. The van der Waals surface area contributed by atoms with Gasteiger partial charge in [-0.05, 0) is 121 Å². The van der Waals surface area contributed by atoms with Crippen molar-refractivity contribution in [2.24, 2.45) is 0 Å². The number of para-hydroxylation sites is 3. The van der Waals surface area contributed by atoms with Crippen LogP contribution in [0.3, 0.4) is 0 Å². The summed E-state index contributed by atoms with van der Waals surface area (Å²) in [6.07, 6.45) is 1.86. The first kappa shape index (κ1) is 33.7. The standard InChI is InChI=1S/C67H62N4O/c1-42-19-15-26-55-57-27-17-25-50(43-35-45(66(5,6)7)37-46(36-43)67(8,9)10)63(57)70-41-69(59-30-18-28-56(64(59)70)51-22-11-12-24-54(51)62(42)55)47-20-16-21-48(39-47)72-49-31-32-53-52-23-13-14-29-58(52)71(60(53)40-49)61-38-44(33-34-68-61)65(2,3)4/h11-40H,41H2,1-10H3/i1D3,5D3,6D3,7D3. The van der Waals surface area contributed by atoms with Crippen LogP contribution >= 0.6 is 0 Å². The Morgan fingerprint density at radius 1 is 0.500 bits per heavy atom. The van der Waals surface area contributed by atoms with Gasteiger partial charge in [-0.15, -0.1) is 0 Å². The lowest BCUT2D eigenvalue weighted by atomic mass is 9.78. The summed E-state index contributed by atoms with van der Waals surface area (Å²) >= 11 is 0. The second-order valence-electron chi connectivity index (χ2n) is 21.2. The molecular weight excluding hydrogens is 877 g/mol. The van der Waals surface area contributed by atoms with Gasteiger partial charge in [-0.25, -0.2) is 4.98 Å². The molecule has 0 aliphatic carbocycles. The van der Waals surface area contributed by atoms with Crippen molar-refractivity contribution in [3.8, 4) is 28.4 Å². The minimum Gasteiger partial charge on any atom is -0.457 e.